The quantitative estimate of drug-likeness (QED) is 0.900. The number of benzene rings is 1. The van der Waals surface area contributed by atoms with Crippen LogP contribution in [0.5, 0.6) is 0 Å². The number of hydrogen-bond donors (Lipinski definition) is 1. The van der Waals surface area contributed by atoms with Crippen LogP contribution in [0.25, 0.3) is 0 Å². The number of carbonyl (C=O) groups is 1. The number of carbonyl (C=O) groups excluding carboxylic acids is 1. The van der Waals surface area contributed by atoms with Gasteiger partial charge in [0.1, 0.15) is 12.4 Å². The van der Waals surface area contributed by atoms with E-state index in [4.69, 9.17) is 0 Å². The molecule has 1 rings (SSSR count). The third kappa shape index (κ3) is 9.78. The predicted octanol–water partition coefficient (Wildman–Crippen LogP) is 3.14. The third-order valence-electron chi connectivity index (χ3n) is 1.68. The molecule has 3 nitrogen and oxygen atoms in total. The van der Waals surface area contributed by atoms with Gasteiger partial charge in [-0.1, -0.05) is 39.8 Å². The topological polar surface area (TPSA) is 38.3 Å². The molecule has 0 aliphatic carbocycles. The summed E-state index contributed by atoms with van der Waals surface area (Å²) in [5.74, 6) is -0.464. The van der Waals surface area contributed by atoms with Gasteiger partial charge >= 0.3 is 0 Å². The average molecular weight is 257 g/mol. The van der Waals surface area contributed by atoms with Crippen molar-refractivity contribution in [3.05, 3.63) is 35.6 Å². The molecule has 1 aromatic rings. The summed E-state index contributed by atoms with van der Waals surface area (Å²) in [7, 11) is 1.46. The SMILES string of the molecule is CC.CC.COCC(=O)NCc1ccc(F)cc1. The molecule has 0 aromatic heterocycles. The molecule has 0 saturated carbocycles. The standard InChI is InChI=1S/C10H12FNO2.2C2H6/c1-14-7-10(13)12-6-8-2-4-9(11)5-3-8;2*1-2/h2-5H,6-7H2,1H3,(H,12,13);2*1-2H3. The first-order chi connectivity index (χ1) is 8.72. The predicted molar refractivity (Wildman–Crippen MR) is 72.8 cm³/mol. The summed E-state index contributed by atoms with van der Waals surface area (Å²) in [5.41, 5.74) is 0.857. The van der Waals surface area contributed by atoms with Gasteiger partial charge in [-0.05, 0) is 17.7 Å². The Morgan fingerprint density at radius 1 is 1.17 bits per heavy atom. The lowest BCUT2D eigenvalue weighted by Gasteiger charge is -2.03. The van der Waals surface area contributed by atoms with E-state index in [1.165, 1.54) is 19.2 Å². The molecule has 1 aromatic carbocycles. The van der Waals surface area contributed by atoms with Crippen LogP contribution >= 0.6 is 0 Å². The summed E-state index contributed by atoms with van der Waals surface area (Å²) in [5, 5.41) is 2.63. The van der Waals surface area contributed by atoms with Crippen molar-refractivity contribution < 1.29 is 13.9 Å². The number of amides is 1. The number of ether oxygens (including phenoxy) is 1. The third-order valence-corrected chi connectivity index (χ3v) is 1.68. The summed E-state index contributed by atoms with van der Waals surface area (Å²) in [4.78, 5) is 11.0. The maximum absolute atomic E-state index is 12.5. The van der Waals surface area contributed by atoms with E-state index in [2.05, 4.69) is 10.1 Å². The van der Waals surface area contributed by atoms with Gasteiger partial charge in [-0.15, -0.1) is 0 Å². The molecule has 4 heteroatoms. The number of rotatable bonds is 4. The molecule has 0 atom stereocenters. The molecule has 0 aliphatic heterocycles. The molecule has 0 heterocycles. The first kappa shape index (κ1) is 18.9. The first-order valence-corrected chi connectivity index (χ1v) is 6.22. The van der Waals surface area contributed by atoms with Gasteiger partial charge in [0.2, 0.25) is 5.91 Å². The molecule has 104 valence electrons. The number of hydrogen-bond acceptors (Lipinski definition) is 2. The minimum atomic E-state index is -0.281. The number of nitrogens with one attached hydrogen (secondary N) is 1. The molecule has 0 unspecified atom stereocenters. The number of halogens is 1. The van der Waals surface area contributed by atoms with Crippen LogP contribution in [0.3, 0.4) is 0 Å². The van der Waals surface area contributed by atoms with Crippen molar-refractivity contribution in [3.63, 3.8) is 0 Å². The van der Waals surface area contributed by atoms with Crippen LogP contribution < -0.4 is 5.32 Å². The second-order valence-electron chi connectivity index (χ2n) is 2.84. The smallest absolute Gasteiger partial charge is 0.246 e. The van der Waals surface area contributed by atoms with E-state index in [1.54, 1.807) is 12.1 Å². The lowest BCUT2D eigenvalue weighted by molar-refractivity contribution is -0.124. The Labute approximate surface area is 109 Å². The summed E-state index contributed by atoms with van der Waals surface area (Å²) >= 11 is 0. The van der Waals surface area contributed by atoms with E-state index < -0.39 is 0 Å². The van der Waals surface area contributed by atoms with Crippen molar-refractivity contribution in [2.45, 2.75) is 34.2 Å². The van der Waals surface area contributed by atoms with Crippen molar-refractivity contribution in [2.24, 2.45) is 0 Å². The highest BCUT2D eigenvalue weighted by Gasteiger charge is 1.99. The van der Waals surface area contributed by atoms with Crippen LogP contribution in [-0.2, 0) is 16.1 Å². The zero-order valence-corrected chi connectivity index (χ0v) is 11.9. The molecule has 18 heavy (non-hydrogen) atoms. The maximum atomic E-state index is 12.5. The molecule has 0 aliphatic rings. The minimum Gasteiger partial charge on any atom is -0.375 e. The van der Waals surface area contributed by atoms with E-state index >= 15 is 0 Å². The fourth-order valence-electron chi connectivity index (χ4n) is 0.985. The van der Waals surface area contributed by atoms with Gasteiger partial charge in [-0.2, -0.15) is 0 Å². The molecular formula is C14H24FNO2. The Kier molecular flexibility index (Phi) is 14.4. The second-order valence-corrected chi connectivity index (χ2v) is 2.84. The summed E-state index contributed by atoms with van der Waals surface area (Å²) < 4.78 is 17.1. The lowest BCUT2D eigenvalue weighted by atomic mass is 10.2. The Morgan fingerprint density at radius 2 is 1.67 bits per heavy atom. The number of methoxy groups -OCH3 is 1. The largest absolute Gasteiger partial charge is 0.375 e. The second kappa shape index (κ2) is 13.6. The van der Waals surface area contributed by atoms with Crippen LogP contribution in [0.1, 0.15) is 33.3 Å². The zero-order chi connectivity index (χ0) is 14.4. The van der Waals surface area contributed by atoms with Gasteiger partial charge in [-0.25, -0.2) is 4.39 Å². The van der Waals surface area contributed by atoms with E-state index in [0.717, 1.165) is 5.56 Å². The van der Waals surface area contributed by atoms with Gasteiger partial charge in [-0.3, -0.25) is 4.79 Å². The molecule has 0 bridgehead atoms. The van der Waals surface area contributed by atoms with Gasteiger partial charge in [0, 0.05) is 13.7 Å². The molecule has 0 radical (unpaired) electrons. The molecule has 1 N–H and O–H groups in total. The minimum absolute atomic E-state index is 0.0429. The maximum Gasteiger partial charge on any atom is 0.246 e. The Balaban J connectivity index is 0. The average Bonchev–Trinajstić information content (AvgIpc) is 2.43. The van der Waals surface area contributed by atoms with Crippen LogP contribution in [0.2, 0.25) is 0 Å². The zero-order valence-electron chi connectivity index (χ0n) is 11.9. The molecular weight excluding hydrogens is 233 g/mol. The van der Waals surface area contributed by atoms with Crippen LogP contribution in [0, 0.1) is 5.82 Å². The molecule has 0 spiro atoms. The molecule has 0 saturated heterocycles. The van der Waals surface area contributed by atoms with Crippen LogP contribution in [-0.4, -0.2) is 19.6 Å². The van der Waals surface area contributed by atoms with E-state index in [9.17, 15) is 9.18 Å². The van der Waals surface area contributed by atoms with Gasteiger partial charge < -0.3 is 10.1 Å². The Hall–Kier alpha value is -1.42. The highest BCUT2D eigenvalue weighted by Crippen LogP contribution is 2.01. The monoisotopic (exact) mass is 257 g/mol. The van der Waals surface area contributed by atoms with E-state index in [1.807, 2.05) is 27.7 Å². The van der Waals surface area contributed by atoms with Crippen molar-refractivity contribution in [2.75, 3.05) is 13.7 Å². The summed E-state index contributed by atoms with van der Waals surface area (Å²) in [6.45, 7) is 8.43. The normalized spacial score (nSPS) is 8.33. The van der Waals surface area contributed by atoms with Crippen LogP contribution in [0.4, 0.5) is 4.39 Å². The lowest BCUT2D eigenvalue weighted by Crippen LogP contribution is -2.26. The molecule has 1 amide bonds. The Morgan fingerprint density at radius 3 is 2.11 bits per heavy atom. The van der Waals surface area contributed by atoms with Gasteiger partial charge in [0.25, 0.3) is 0 Å². The van der Waals surface area contributed by atoms with Crippen molar-refractivity contribution in [1.82, 2.24) is 5.32 Å². The fourth-order valence-corrected chi connectivity index (χ4v) is 0.985. The van der Waals surface area contributed by atoms with Crippen molar-refractivity contribution in [3.8, 4) is 0 Å². The van der Waals surface area contributed by atoms with Crippen molar-refractivity contribution in [1.29, 1.82) is 0 Å². The summed E-state index contributed by atoms with van der Waals surface area (Å²) in [6.07, 6.45) is 0. The van der Waals surface area contributed by atoms with E-state index in [-0.39, 0.29) is 18.3 Å². The highest BCUT2D eigenvalue weighted by molar-refractivity contribution is 5.77. The van der Waals surface area contributed by atoms with Gasteiger partial charge in [0.15, 0.2) is 0 Å². The van der Waals surface area contributed by atoms with Crippen molar-refractivity contribution >= 4 is 5.91 Å². The Bertz CT molecular complexity index is 299. The fraction of sp³-hybridized carbons (Fsp3) is 0.500. The summed E-state index contributed by atoms with van der Waals surface area (Å²) in [6, 6.07) is 5.97. The molecule has 0 fully saturated rings. The highest BCUT2D eigenvalue weighted by atomic mass is 19.1. The van der Waals surface area contributed by atoms with E-state index in [0.29, 0.717) is 6.54 Å². The van der Waals surface area contributed by atoms with Crippen LogP contribution in [0.15, 0.2) is 24.3 Å². The first-order valence-electron chi connectivity index (χ1n) is 6.22. The van der Waals surface area contributed by atoms with Gasteiger partial charge in [0.05, 0.1) is 0 Å².